The molecular weight excluding hydrogens is 309 g/mol. The van der Waals surface area contributed by atoms with Gasteiger partial charge >= 0.3 is 0 Å². The van der Waals surface area contributed by atoms with Crippen molar-refractivity contribution in [3.8, 4) is 5.75 Å². The molecule has 1 saturated heterocycles. The number of aromatic amines is 1. The van der Waals surface area contributed by atoms with E-state index in [1.54, 1.807) is 13.3 Å². The highest BCUT2D eigenvalue weighted by Crippen LogP contribution is 2.22. The Balaban J connectivity index is 0.00000110. The molecule has 0 aliphatic carbocycles. The number of fused-ring (bicyclic) bond motifs is 1. The quantitative estimate of drug-likeness (QED) is 0.932. The van der Waals surface area contributed by atoms with Gasteiger partial charge in [0, 0.05) is 18.1 Å². The van der Waals surface area contributed by atoms with Gasteiger partial charge in [-0.15, -0.1) is 24.8 Å². The molecule has 4 nitrogen and oxygen atoms in total. The third-order valence-electron chi connectivity index (χ3n) is 3.97. The average molecular weight is 332 g/mol. The Morgan fingerprint density at radius 3 is 2.71 bits per heavy atom. The van der Waals surface area contributed by atoms with Crippen LogP contribution < -0.4 is 4.74 Å². The van der Waals surface area contributed by atoms with Gasteiger partial charge in [-0.1, -0.05) is 6.42 Å². The van der Waals surface area contributed by atoms with Crippen molar-refractivity contribution in [3.63, 3.8) is 0 Å². The van der Waals surface area contributed by atoms with Crippen LogP contribution in [0.1, 0.15) is 24.8 Å². The monoisotopic (exact) mass is 331 g/mol. The molecule has 1 fully saturated rings. The van der Waals surface area contributed by atoms with E-state index in [9.17, 15) is 0 Å². The topological polar surface area (TPSA) is 41.1 Å². The van der Waals surface area contributed by atoms with E-state index in [1.807, 2.05) is 0 Å². The number of nitrogens with one attached hydrogen (secondary N) is 1. The smallest absolute Gasteiger partial charge is 0.137 e. The number of methoxy groups -OCH3 is 1. The molecular formula is C15H23Cl2N3O. The molecule has 1 N–H and O–H groups in total. The van der Waals surface area contributed by atoms with Crippen LogP contribution in [0.4, 0.5) is 0 Å². The van der Waals surface area contributed by atoms with Crippen molar-refractivity contribution in [2.75, 3.05) is 26.7 Å². The van der Waals surface area contributed by atoms with Gasteiger partial charge in [-0.25, -0.2) is 4.98 Å². The maximum Gasteiger partial charge on any atom is 0.137 e. The number of nitrogens with zero attached hydrogens (tertiary/aromatic N) is 2. The minimum Gasteiger partial charge on any atom is -0.495 e. The first-order valence-corrected chi connectivity index (χ1v) is 7.09. The van der Waals surface area contributed by atoms with Crippen LogP contribution in [0.3, 0.4) is 0 Å². The predicted octanol–water partition coefficient (Wildman–Crippen LogP) is 3.44. The number of pyridine rings is 1. The lowest BCUT2D eigenvalue weighted by atomic mass is 10.1. The van der Waals surface area contributed by atoms with Gasteiger partial charge < -0.3 is 14.6 Å². The predicted molar refractivity (Wildman–Crippen MR) is 91.1 cm³/mol. The summed E-state index contributed by atoms with van der Waals surface area (Å²) in [7, 11) is 1.68. The Labute approximate surface area is 138 Å². The lowest BCUT2D eigenvalue weighted by Gasteiger charge is -2.26. The van der Waals surface area contributed by atoms with Crippen LogP contribution in [-0.2, 0) is 6.42 Å². The Morgan fingerprint density at radius 2 is 2.00 bits per heavy atom. The third-order valence-corrected chi connectivity index (χ3v) is 3.97. The van der Waals surface area contributed by atoms with Gasteiger partial charge in [0.15, 0.2) is 0 Å². The number of piperidine rings is 1. The molecule has 0 spiro atoms. The number of ether oxygens (including phenoxy) is 1. The second-order valence-corrected chi connectivity index (χ2v) is 5.24. The summed E-state index contributed by atoms with van der Waals surface area (Å²) in [5, 5.41) is 1.19. The molecule has 3 rings (SSSR count). The number of hydrogen-bond donors (Lipinski definition) is 1. The lowest BCUT2D eigenvalue weighted by Crippen LogP contribution is -2.31. The minimum atomic E-state index is 0. The van der Waals surface area contributed by atoms with E-state index in [0.717, 1.165) is 24.4 Å². The Bertz CT molecular complexity index is 553. The zero-order valence-electron chi connectivity index (χ0n) is 12.3. The largest absolute Gasteiger partial charge is 0.495 e. The van der Waals surface area contributed by atoms with Crippen LogP contribution in [0.25, 0.3) is 11.0 Å². The molecule has 0 saturated carbocycles. The van der Waals surface area contributed by atoms with E-state index in [2.05, 4.69) is 27.1 Å². The molecule has 1 aliphatic rings. The molecule has 0 atom stereocenters. The van der Waals surface area contributed by atoms with Crippen LogP contribution >= 0.6 is 24.8 Å². The van der Waals surface area contributed by atoms with Gasteiger partial charge in [0.1, 0.15) is 11.4 Å². The lowest BCUT2D eigenvalue weighted by molar-refractivity contribution is 0.231. The number of aromatic nitrogens is 2. The second kappa shape index (κ2) is 8.47. The fourth-order valence-corrected chi connectivity index (χ4v) is 2.82. The van der Waals surface area contributed by atoms with E-state index in [-0.39, 0.29) is 24.8 Å². The molecule has 2 aromatic rings. The number of likely N-dealkylation sites (tertiary alicyclic amines) is 1. The first-order chi connectivity index (χ1) is 9.36. The van der Waals surface area contributed by atoms with Crippen molar-refractivity contribution in [2.24, 2.45) is 0 Å². The van der Waals surface area contributed by atoms with E-state index < -0.39 is 0 Å². The Kier molecular flexibility index (Phi) is 7.29. The SMILES string of the molecule is COc1cnc2[nH]cc(CCN3CCCCC3)c2c1.Cl.Cl. The zero-order valence-corrected chi connectivity index (χ0v) is 13.9. The molecule has 1 aliphatic heterocycles. The average Bonchev–Trinajstić information content (AvgIpc) is 2.88. The molecule has 0 amide bonds. The summed E-state index contributed by atoms with van der Waals surface area (Å²) in [5.74, 6) is 0.825. The van der Waals surface area contributed by atoms with Gasteiger partial charge in [0.25, 0.3) is 0 Å². The number of rotatable bonds is 4. The van der Waals surface area contributed by atoms with E-state index in [0.29, 0.717) is 0 Å². The summed E-state index contributed by atoms with van der Waals surface area (Å²) in [6.07, 6.45) is 9.01. The van der Waals surface area contributed by atoms with Crippen molar-refractivity contribution in [1.29, 1.82) is 0 Å². The molecule has 118 valence electrons. The zero-order chi connectivity index (χ0) is 13.1. The van der Waals surface area contributed by atoms with Crippen molar-refractivity contribution >= 4 is 35.8 Å². The molecule has 0 bridgehead atoms. The first kappa shape index (κ1) is 18.1. The van der Waals surface area contributed by atoms with Crippen molar-refractivity contribution in [2.45, 2.75) is 25.7 Å². The fraction of sp³-hybridized carbons (Fsp3) is 0.533. The summed E-state index contributed by atoms with van der Waals surface area (Å²) in [6.45, 7) is 3.65. The molecule has 0 aromatic carbocycles. The maximum absolute atomic E-state index is 5.25. The van der Waals surface area contributed by atoms with Crippen molar-refractivity contribution in [1.82, 2.24) is 14.9 Å². The summed E-state index contributed by atoms with van der Waals surface area (Å²) in [5.41, 5.74) is 2.29. The number of H-pyrrole nitrogens is 1. The van der Waals surface area contributed by atoms with Gasteiger partial charge in [0.05, 0.1) is 13.3 Å². The molecule has 3 heterocycles. The molecule has 0 radical (unpaired) electrons. The van der Waals surface area contributed by atoms with E-state index in [4.69, 9.17) is 4.74 Å². The highest BCUT2D eigenvalue weighted by atomic mass is 35.5. The number of hydrogen-bond acceptors (Lipinski definition) is 3. The van der Waals surface area contributed by atoms with Gasteiger partial charge in [-0.3, -0.25) is 0 Å². The maximum atomic E-state index is 5.25. The summed E-state index contributed by atoms with van der Waals surface area (Å²) < 4.78 is 5.25. The Hall–Kier alpha value is -0.970. The molecule has 6 heteroatoms. The summed E-state index contributed by atoms with van der Waals surface area (Å²) >= 11 is 0. The first-order valence-electron chi connectivity index (χ1n) is 7.09. The summed E-state index contributed by atoms with van der Waals surface area (Å²) in [6, 6.07) is 2.07. The standard InChI is InChI=1S/C15H21N3O.2ClH/c1-19-13-9-14-12(10-16-15(14)17-11-13)5-8-18-6-3-2-4-7-18;;/h9-11H,2-8H2,1H3,(H,16,17);2*1H. The van der Waals surface area contributed by atoms with E-state index in [1.165, 1.54) is 43.3 Å². The highest BCUT2D eigenvalue weighted by Gasteiger charge is 2.12. The van der Waals surface area contributed by atoms with E-state index >= 15 is 0 Å². The minimum absolute atomic E-state index is 0. The van der Waals surface area contributed by atoms with Crippen LogP contribution in [0, 0.1) is 0 Å². The van der Waals surface area contributed by atoms with Crippen LogP contribution in [0.2, 0.25) is 0 Å². The highest BCUT2D eigenvalue weighted by molar-refractivity contribution is 5.85. The normalized spacial score (nSPS) is 15.3. The second-order valence-electron chi connectivity index (χ2n) is 5.24. The van der Waals surface area contributed by atoms with Crippen LogP contribution in [0.15, 0.2) is 18.5 Å². The van der Waals surface area contributed by atoms with Gasteiger partial charge in [-0.2, -0.15) is 0 Å². The molecule has 21 heavy (non-hydrogen) atoms. The third kappa shape index (κ3) is 4.25. The Morgan fingerprint density at radius 1 is 1.24 bits per heavy atom. The van der Waals surface area contributed by atoms with Crippen LogP contribution in [-0.4, -0.2) is 41.6 Å². The molecule has 0 unspecified atom stereocenters. The van der Waals surface area contributed by atoms with Gasteiger partial charge in [0.2, 0.25) is 0 Å². The molecule has 2 aromatic heterocycles. The van der Waals surface area contributed by atoms with Crippen LogP contribution in [0.5, 0.6) is 5.75 Å². The summed E-state index contributed by atoms with van der Waals surface area (Å²) in [4.78, 5) is 10.2. The fourth-order valence-electron chi connectivity index (χ4n) is 2.82. The van der Waals surface area contributed by atoms with Crippen molar-refractivity contribution < 1.29 is 4.74 Å². The number of halogens is 2. The van der Waals surface area contributed by atoms with Gasteiger partial charge in [-0.05, 0) is 44.0 Å². The van der Waals surface area contributed by atoms with Crippen molar-refractivity contribution in [3.05, 3.63) is 24.0 Å².